The Labute approximate surface area is 163 Å². The molecule has 1 fully saturated rings. The number of rotatable bonds is 5. The van der Waals surface area contributed by atoms with Gasteiger partial charge in [0.2, 0.25) is 0 Å². The van der Waals surface area contributed by atoms with Crippen molar-refractivity contribution in [1.82, 2.24) is 14.8 Å². The fourth-order valence-corrected chi connectivity index (χ4v) is 4.46. The van der Waals surface area contributed by atoms with Crippen LogP contribution in [0.25, 0.3) is 0 Å². The van der Waals surface area contributed by atoms with Crippen molar-refractivity contribution in [3.05, 3.63) is 71.1 Å². The standard InChI is InChI=1S/C22H23N3O3/c1-4-11-24-14(2)12-17(15(24)3)19(26)13-25-20(27)22(23-21(25)28)10-9-16-7-5-6-8-18(16)22/h4-8,12H,1,9-11,13H2,2-3H3,(H,23,28)/t22-/m1/s1. The summed E-state index contributed by atoms with van der Waals surface area (Å²) in [4.78, 5) is 39.8. The summed E-state index contributed by atoms with van der Waals surface area (Å²) in [7, 11) is 0. The van der Waals surface area contributed by atoms with E-state index in [1.807, 2.05) is 42.7 Å². The number of nitrogens with zero attached hydrogens (tertiary/aromatic N) is 2. The lowest BCUT2D eigenvalue weighted by Gasteiger charge is -2.22. The van der Waals surface area contributed by atoms with Gasteiger partial charge in [-0.25, -0.2) is 4.79 Å². The van der Waals surface area contributed by atoms with Crippen molar-refractivity contribution in [1.29, 1.82) is 0 Å². The third kappa shape index (κ3) is 2.52. The molecule has 1 saturated heterocycles. The molecule has 1 aliphatic carbocycles. The van der Waals surface area contributed by atoms with E-state index in [2.05, 4.69) is 11.9 Å². The van der Waals surface area contributed by atoms with Gasteiger partial charge >= 0.3 is 6.03 Å². The third-order valence-electron chi connectivity index (χ3n) is 5.91. The van der Waals surface area contributed by atoms with Crippen molar-refractivity contribution in [2.24, 2.45) is 0 Å². The molecule has 6 heteroatoms. The van der Waals surface area contributed by atoms with Crippen LogP contribution in [0.4, 0.5) is 4.79 Å². The topological polar surface area (TPSA) is 71.4 Å². The fraction of sp³-hybridized carbons (Fsp3) is 0.318. The minimum Gasteiger partial charge on any atom is -0.345 e. The number of hydrogen-bond donors (Lipinski definition) is 1. The molecule has 2 aliphatic rings. The molecule has 2 heterocycles. The molecule has 1 aromatic carbocycles. The summed E-state index contributed by atoms with van der Waals surface area (Å²) < 4.78 is 1.99. The Hall–Kier alpha value is -3.15. The van der Waals surface area contributed by atoms with Gasteiger partial charge in [-0.3, -0.25) is 14.5 Å². The maximum absolute atomic E-state index is 13.2. The molecule has 1 aromatic heterocycles. The van der Waals surface area contributed by atoms with Crippen LogP contribution in [0.5, 0.6) is 0 Å². The summed E-state index contributed by atoms with van der Waals surface area (Å²) in [5.74, 6) is -0.578. The Morgan fingerprint density at radius 1 is 1.29 bits per heavy atom. The van der Waals surface area contributed by atoms with E-state index in [4.69, 9.17) is 0 Å². The molecule has 0 bridgehead atoms. The molecule has 1 N–H and O–H groups in total. The highest BCUT2D eigenvalue weighted by atomic mass is 16.2. The number of aryl methyl sites for hydroxylation is 2. The molecule has 0 unspecified atom stereocenters. The summed E-state index contributed by atoms with van der Waals surface area (Å²) in [6.07, 6.45) is 3.02. The molecule has 144 valence electrons. The number of urea groups is 1. The first-order chi connectivity index (χ1) is 13.4. The van der Waals surface area contributed by atoms with Crippen LogP contribution in [0.1, 0.15) is 39.3 Å². The smallest absolute Gasteiger partial charge is 0.325 e. The number of hydrogen-bond acceptors (Lipinski definition) is 3. The fourth-order valence-electron chi connectivity index (χ4n) is 4.46. The molecule has 0 saturated carbocycles. The number of carbonyl (C=O) groups is 3. The SMILES string of the molecule is C=CCn1c(C)cc(C(=O)CN2C(=O)N[C@@]3(CCc4ccccc43)C2=O)c1C. The van der Waals surface area contributed by atoms with Crippen LogP contribution in [-0.4, -0.2) is 33.7 Å². The second-order valence-electron chi connectivity index (χ2n) is 7.49. The lowest BCUT2D eigenvalue weighted by atomic mass is 9.92. The molecule has 28 heavy (non-hydrogen) atoms. The van der Waals surface area contributed by atoms with Gasteiger partial charge in [-0.1, -0.05) is 30.3 Å². The Bertz CT molecular complexity index is 1020. The molecular formula is C22H23N3O3. The lowest BCUT2D eigenvalue weighted by Crippen LogP contribution is -2.42. The minimum atomic E-state index is -1.03. The van der Waals surface area contributed by atoms with Crippen molar-refractivity contribution in [3.8, 4) is 0 Å². The van der Waals surface area contributed by atoms with E-state index < -0.39 is 11.6 Å². The quantitative estimate of drug-likeness (QED) is 0.495. The number of imide groups is 1. The first-order valence-electron chi connectivity index (χ1n) is 9.42. The Balaban J connectivity index is 1.61. The molecule has 1 atom stereocenters. The van der Waals surface area contributed by atoms with Gasteiger partial charge in [-0.15, -0.1) is 6.58 Å². The third-order valence-corrected chi connectivity index (χ3v) is 5.91. The van der Waals surface area contributed by atoms with Gasteiger partial charge in [0.25, 0.3) is 5.91 Å². The lowest BCUT2D eigenvalue weighted by molar-refractivity contribution is -0.131. The van der Waals surface area contributed by atoms with Crippen LogP contribution in [0.2, 0.25) is 0 Å². The van der Waals surface area contributed by atoms with Gasteiger partial charge in [0, 0.05) is 23.5 Å². The van der Waals surface area contributed by atoms with E-state index in [9.17, 15) is 14.4 Å². The zero-order valence-corrected chi connectivity index (χ0v) is 16.1. The molecule has 2 aromatic rings. The monoisotopic (exact) mass is 377 g/mol. The molecule has 3 amide bonds. The predicted octanol–water partition coefficient (Wildman–Crippen LogP) is 2.87. The molecule has 1 aliphatic heterocycles. The van der Waals surface area contributed by atoms with Crippen molar-refractivity contribution in [2.75, 3.05) is 6.54 Å². The molecule has 6 nitrogen and oxygen atoms in total. The number of aromatic nitrogens is 1. The zero-order valence-electron chi connectivity index (χ0n) is 16.1. The largest absolute Gasteiger partial charge is 0.345 e. The number of benzene rings is 1. The number of allylic oxidation sites excluding steroid dienone is 1. The second-order valence-corrected chi connectivity index (χ2v) is 7.49. The first kappa shape index (κ1) is 18.2. The summed E-state index contributed by atoms with van der Waals surface area (Å²) in [5, 5.41) is 2.86. The number of fused-ring (bicyclic) bond motifs is 2. The maximum atomic E-state index is 13.2. The summed E-state index contributed by atoms with van der Waals surface area (Å²) in [6, 6.07) is 8.96. The maximum Gasteiger partial charge on any atom is 0.325 e. The molecule has 4 rings (SSSR count). The van der Waals surface area contributed by atoms with E-state index >= 15 is 0 Å². The normalized spacial score (nSPS) is 20.6. The van der Waals surface area contributed by atoms with Gasteiger partial charge in [-0.2, -0.15) is 0 Å². The van der Waals surface area contributed by atoms with Crippen molar-refractivity contribution >= 4 is 17.7 Å². The summed E-state index contributed by atoms with van der Waals surface area (Å²) >= 11 is 0. The number of Topliss-reactive ketones (excluding diaryl/α,β-unsaturated/α-hetero) is 1. The van der Waals surface area contributed by atoms with Crippen molar-refractivity contribution in [2.45, 2.75) is 38.8 Å². The van der Waals surface area contributed by atoms with Gasteiger partial charge in [0.1, 0.15) is 5.54 Å². The van der Waals surface area contributed by atoms with Gasteiger partial charge < -0.3 is 9.88 Å². The Morgan fingerprint density at radius 3 is 2.79 bits per heavy atom. The number of nitrogens with one attached hydrogen (secondary N) is 1. The first-order valence-corrected chi connectivity index (χ1v) is 9.42. The average molecular weight is 377 g/mol. The van der Waals surface area contributed by atoms with E-state index in [-0.39, 0.29) is 18.2 Å². The van der Waals surface area contributed by atoms with Crippen LogP contribution in [0, 0.1) is 13.8 Å². The number of carbonyl (C=O) groups excluding carboxylic acids is 3. The highest BCUT2D eigenvalue weighted by molar-refractivity contribution is 6.12. The number of amides is 3. The second kappa shape index (κ2) is 6.48. The summed E-state index contributed by atoms with van der Waals surface area (Å²) in [6.45, 7) is 7.88. The molecular weight excluding hydrogens is 354 g/mol. The Morgan fingerprint density at radius 2 is 2.04 bits per heavy atom. The van der Waals surface area contributed by atoms with E-state index in [1.165, 1.54) is 0 Å². The van der Waals surface area contributed by atoms with Crippen LogP contribution >= 0.6 is 0 Å². The van der Waals surface area contributed by atoms with Crippen LogP contribution < -0.4 is 5.32 Å². The highest BCUT2D eigenvalue weighted by Gasteiger charge is 2.55. The van der Waals surface area contributed by atoms with Gasteiger partial charge in [0.15, 0.2) is 5.78 Å². The molecule has 0 radical (unpaired) electrons. The Kier molecular flexibility index (Phi) is 4.22. The van der Waals surface area contributed by atoms with E-state index in [0.717, 1.165) is 33.8 Å². The van der Waals surface area contributed by atoms with Gasteiger partial charge in [0.05, 0.1) is 6.54 Å². The van der Waals surface area contributed by atoms with Crippen LogP contribution in [-0.2, 0) is 23.3 Å². The van der Waals surface area contributed by atoms with E-state index in [0.29, 0.717) is 18.5 Å². The highest BCUT2D eigenvalue weighted by Crippen LogP contribution is 2.41. The predicted molar refractivity (Wildman–Crippen MR) is 105 cm³/mol. The summed E-state index contributed by atoms with van der Waals surface area (Å²) in [5.41, 5.74) is 3.17. The van der Waals surface area contributed by atoms with Gasteiger partial charge in [-0.05, 0) is 43.9 Å². The van der Waals surface area contributed by atoms with Crippen molar-refractivity contribution in [3.63, 3.8) is 0 Å². The minimum absolute atomic E-state index is 0.241. The van der Waals surface area contributed by atoms with Crippen LogP contribution in [0.3, 0.4) is 0 Å². The van der Waals surface area contributed by atoms with E-state index in [1.54, 1.807) is 12.1 Å². The number of ketones is 1. The average Bonchev–Trinajstić information content (AvgIpc) is 3.27. The van der Waals surface area contributed by atoms with Crippen molar-refractivity contribution < 1.29 is 14.4 Å². The van der Waals surface area contributed by atoms with Crippen LogP contribution in [0.15, 0.2) is 43.0 Å². The molecule has 1 spiro atoms. The zero-order chi connectivity index (χ0) is 20.1.